The van der Waals surface area contributed by atoms with Crippen LogP contribution < -0.4 is 16.3 Å². The summed E-state index contributed by atoms with van der Waals surface area (Å²) < 4.78 is 0. The SMILES string of the molecule is CSc1ccc(/C=N\NC(=O)[C@@H](NC(=O)c2ccccc2)c2n[nH]c(=O)c3ccccc23)cc1. The van der Waals surface area contributed by atoms with Crippen molar-refractivity contribution in [1.29, 1.82) is 0 Å². The summed E-state index contributed by atoms with van der Waals surface area (Å²) in [6.07, 6.45) is 3.50. The minimum Gasteiger partial charge on any atom is -0.335 e. The number of hydrogen-bond acceptors (Lipinski definition) is 6. The number of hydrazone groups is 1. The lowest BCUT2D eigenvalue weighted by Gasteiger charge is -2.18. The zero-order valence-electron chi connectivity index (χ0n) is 18.2. The third-order valence-electron chi connectivity index (χ3n) is 5.08. The van der Waals surface area contributed by atoms with Gasteiger partial charge in [-0.25, -0.2) is 10.5 Å². The minimum absolute atomic E-state index is 0.205. The van der Waals surface area contributed by atoms with E-state index in [9.17, 15) is 14.4 Å². The molecular formula is C25H21N5O3S. The minimum atomic E-state index is -1.20. The fourth-order valence-corrected chi connectivity index (χ4v) is 3.75. The highest BCUT2D eigenvalue weighted by molar-refractivity contribution is 7.98. The second-order valence-electron chi connectivity index (χ2n) is 7.26. The molecule has 1 heterocycles. The Bertz CT molecular complexity index is 1400. The monoisotopic (exact) mass is 471 g/mol. The van der Waals surface area contributed by atoms with Gasteiger partial charge in [-0.3, -0.25) is 14.4 Å². The van der Waals surface area contributed by atoms with Crippen LogP contribution in [0.2, 0.25) is 0 Å². The molecule has 4 aromatic rings. The molecule has 0 fully saturated rings. The Hall–Kier alpha value is -4.24. The molecule has 2 amide bonds. The molecule has 0 saturated carbocycles. The number of rotatable bonds is 7. The average molecular weight is 472 g/mol. The van der Waals surface area contributed by atoms with Gasteiger partial charge in [0.15, 0.2) is 6.04 Å². The fraction of sp³-hybridized carbons (Fsp3) is 0.0800. The van der Waals surface area contributed by atoms with Crippen LogP contribution in [0.3, 0.4) is 0 Å². The molecule has 0 aliphatic rings. The Morgan fingerprint density at radius 1 is 0.971 bits per heavy atom. The van der Waals surface area contributed by atoms with Gasteiger partial charge in [-0.05, 0) is 42.2 Å². The van der Waals surface area contributed by atoms with E-state index in [1.54, 1.807) is 66.4 Å². The summed E-state index contributed by atoms with van der Waals surface area (Å²) in [4.78, 5) is 39.3. The van der Waals surface area contributed by atoms with Gasteiger partial charge in [0, 0.05) is 15.8 Å². The average Bonchev–Trinajstić information content (AvgIpc) is 2.88. The van der Waals surface area contributed by atoms with Gasteiger partial charge in [-0.15, -0.1) is 11.8 Å². The number of aromatic nitrogens is 2. The number of nitrogens with one attached hydrogen (secondary N) is 3. The summed E-state index contributed by atoms with van der Waals surface area (Å²) in [5.74, 6) is -1.07. The van der Waals surface area contributed by atoms with Crippen LogP contribution in [0.5, 0.6) is 0 Å². The van der Waals surface area contributed by atoms with E-state index in [2.05, 4.69) is 26.0 Å². The third kappa shape index (κ3) is 5.21. The largest absolute Gasteiger partial charge is 0.335 e. The summed E-state index contributed by atoms with van der Waals surface area (Å²) in [6.45, 7) is 0. The number of benzene rings is 3. The van der Waals surface area contributed by atoms with E-state index in [4.69, 9.17) is 0 Å². The molecule has 0 aliphatic carbocycles. The number of amides is 2. The van der Waals surface area contributed by atoms with Crippen molar-refractivity contribution >= 4 is 40.6 Å². The normalized spacial score (nSPS) is 11.9. The van der Waals surface area contributed by atoms with Crippen molar-refractivity contribution in [2.75, 3.05) is 6.26 Å². The molecule has 4 rings (SSSR count). The van der Waals surface area contributed by atoms with Gasteiger partial charge in [0.1, 0.15) is 5.69 Å². The van der Waals surface area contributed by atoms with Crippen LogP contribution in [0, 0.1) is 0 Å². The Labute approximate surface area is 199 Å². The molecule has 0 radical (unpaired) electrons. The van der Waals surface area contributed by atoms with E-state index in [0.717, 1.165) is 10.5 Å². The van der Waals surface area contributed by atoms with E-state index < -0.39 is 17.9 Å². The molecule has 1 aromatic heterocycles. The number of hydrogen-bond donors (Lipinski definition) is 3. The van der Waals surface area contributed by atoms with Crippen molar-refractivity contribution in [3.05, 3.63) is 106 Å². The molecule has 0 aliphatic heterocycles. The fourth-order valence-electron chi connectivity index (χ4n) is 3.34. The third-order valence-corrected chi connectivity index (χ3v) is 5.82. The number of fused-ring (bicyclic) bond motifs is 1. The molecule has 9 heteroatoms. The number of nitrogens with zero attached hydrogens (tertiary/aromatic N) is 2. The Morgan fingerprint density at radius 2 is 1.65 bits per heavy atom. The summed E-state index contributed by atoms with van der Waals surface area (Å²) in [7, 11) is 0. The summed E-state index contributed by atoms with van der Waals surface area (Å²) >= 11 is 1.63. The number of aromatic amines is 1. The topological polar surface area (TPSA) is 116 Å². The van der Waals surface area contributed by atoms with Crippen LogP contribution in [0.25, 0.3) is 10.8 Å². The first kappa shape index (κ1) is 22.9. The van der Waals surface area contributed by atoms with Gasteiger partial charge >= 0.3 is 0 Å². The van der Waals surface area contributed by atoms with Gasteiger partial charge in [0.05, 0.1) is 11.6 Å². The zero-order valence-corrected chi connectivity index (χ0v) is 19.0. The molecule has 1 atom stereocenters. The van der Waals surface area contributed by atoms with Crippen LogP contribution in [-0.4, -0.2) is 34.5 Å². The number of carbonyl (C=O) groups excluding carboxylic acids is 2. The first-order valence-corrected chi connectivity index (χ1v) is 11.6. The first-order chi connectivity index (χ1) is 16.6. The lowest BCUT2D eigenvalue weighted by molar-refractivity contribution is -0.123. The van der Waals surface area contributed by atoms with E-state index in [1.165, 1.54) is 6.21 Å². The lowest BCUT2D eigenvalue weighted by Crippen LogP contribution is -2.40. The number of thioether (sulfide) groups is 1. The van der Waals surface area contributed by atoms with Crippen LogP contribution in [0.15, 0.2) is 93.7 Å². The van der Waals surface area contributed by atoms with Crippen LogP contribution in [-0.2, 0) is 4.79 Å². The van der Waals surface area contributed by atoms with E-state index >= 15 is 0 Å². The number of H-pyrrole nitrogens is 1. The molecule has 0 unspecified atom stereocenters. The van der Waals surface area contributed by atoms with Gasteiger partial charge in [0.2, 0.25) is 0 Å². The molecule has 3 aromatic carbocycles. The van der Waals surface area contributed by atoms with E-state index in [0.29, 0.717) is 16.3 Å². The molecule has 3 N–H and O–H groups in total. The molecule has 0 spiro atoms. The van der Waals surface area contributed by atoms with Crippen molar-refractivity contribution in [3.63, 3.8) is 0 Å². The van der Waals surface area contributed by atoms with Gasteiger partial charge in [-0.1, -0.05) is 48.5 Å². The van der Waals surface area contributed by atoms with Gasteiger partial charge in [0.25, 0.3) is 17.4 Å². The highest BCUT2D eigenvalue weighted by Crippen LogP contribution is 2.20. The van der Waals surface area contributed by atoms with Crippen LogP contribution in [0.4, 0.5) is 0 Å². The zero-order chi connectivity index (χ0) is 23.9. The molecular weight excluding hydrogens is 450 g/mol. The molecule has 0 saturated heterocycles. The molecule has 0 bridgehead atoms. The van der Waals surface area contributed by atoms with Crippen LogP contribution >= 0.6 is 11.8 Å². The predicted molar refractivity (Wildman–Crippen MR) is 133 cm³/mol. The standard InChI is InChI=1S/C25H21N5O3S/c1-34-18-13-11-16(12-14-18)15-26-29-25(33)22(27-23(31)17-7-3-2-4-8-17)21-19-9-5-6-10-20(19)24(32)30-28-21/h2-15,22H,1H3,(H,27,31)(H,29,33)(H,30,32)/b26-15-/t22-/m0/s1. The smallest absolute Gasteiger partial charge is 0.272 e. The summed E-state index contributed by atoms with van der Waals surface area (Å²) in [5.41, 5.74) is 3.47. The quantitative estimate of drug-likeness (QED) is 0.217. The van der Waals surface area contributed by atoms with Crippen LogP contribution in [0.1, 0.15) is 27.7 Å². The highest BCUT2D eigenvalue weighted by Gasteiger charge is 2.27. The summed E-state index contributed by atoms with van der Waals surface area (Å²) in [5, 5.41) is 14.1. The number of carbonyl (C=O) groups is 2. The van der Waals surface area contributed by atoms with Crippen molar-refractivity contribution in [2.24, 2.45) is 5.10 Å². The van der Waals surface area contributed by atoms with E-state index in [-0.39, 0.29) is 11.3 Å². The summed E-state index contributed by atoms with van der Waals surface area (Å²) in [6, 6.07) is 21.7. The Morgan fingerprint density at radius 3 is 2.35 bits per heavy atom. The Balaban J connectivity index is 1.64. The predicted octanol–water partition coefficient (Wildman–Crippen LogP) is 3.27. The second kappa shape index (κ2) is 10.6. The maximum atomic E-state index is 13.2. The van der Waals surface area contributed by atoms with E-state index in [1.807, 2.05) is 30.5 Å². The lowest BCUT2D eigenvalue weighted by atomic mass is 10.0. The maximum absolute atomic E-state index is 13.2. The van der Waals surface area contributed by atoms with Crippen molar-refractivity contribution in [1.82, 2.24) is 20.9 Å². The van der Waals surface area contributed by atoms with Crippen molar-refractivity contribution in [2.45, 2.75) is 10.9 Å². The molecule has 8 nitrogen and oxygen atoms in total. The first-order valence-electron chi connectivity index (χ1n) is 10.4. The molecule has 170 valence electrons. The van der Waals surface area contributed by atoms with Crippen molar-refractivity contribution in [3.8, 4) is 0 Å². The van der Waals surface area contributed by atoms with Gasteiger partial charge in [-0.2, -0.15) is 10.2 Å². The molecule has 34 heavy (non-hydrogen) atoms. The second-order valence-corrected chi connectivity index (χ2v) is 8.14. The maximum Gasteiger partial charge on any atom is 0.272 e. The highest BCUT2D eigenvalue weighted by atomic mass is 32.2. The van der Waals surface area contributed by atoms with Gasteiger partial charge < -0.3 is 5.32 Å². The van der Waals surface area contributed by atoms with Crippen molar-refractivity contribution < 1.29 is 9.59 Å². The Kier molecular flexibility index (Phi) is 7.14.